The van der Waals surface area contributed by atoms with Gasteiger partial charge in [0.25, 0.3) is 0 Å². The van der Waals surface area contributed by atoms with Crippen molar-refractivity contribution in [1.82, 2.24) is 0 Å². The highest BCUT2D eigenvalue weighted by Crippen LogP contribution is 2.28. The lowest BCUT2D eigenvalue weighted by Gasteiger charge is -2.16. The predicted octanol–water partition coefficient (Wildman–Crippen LogP) is 4.65. The molecular weight excluding hydrogens is 356 g/mol. The first kappa shape index (κ1) is 21.9. The van der Waals surface area contributed by atoms with Gasteiger partial charge in [0.1, 0.15) is 11.5 Å². The molecule has 5 nitrogen and oxygen atoms in total. The van der Waals surface area contributed by atoms with Crippen molar-refractivity contribution in [1.29, 1.82) is 0 Å². The van der Waals surface area contributed by atoms with Crippen LogP contribution in [0.1, 0.15) is 48.9 Å². The SMILES string of the molecule is COCc1cc(CCOc2ccc(C(C)C)cc2)cc(COC)c1OC(C)=O. The van der Waals surface area contributed by atoms with E-state index in [-0.39, 0.29) is 5.97 Å². The average molecular weight is 386 g/mol. The minimum Gasteiger partial charge on any atom is -0.493 e. The van der Waals surface area contributed by atoms with Crippen LogP contribution in [0.4, 0.5) is 0 Å². The zero-order chi connectivity index (χ0) is 20.5. The molecule has 28 heavy (non-hydrogen) atoms. The summed E-state index contributed by atoms with van der Waals surface area (Å²) in [4.78, 5) is 11.5. The fraction of sp³-hybridized carbons (Fsp3) is 0.435. The summed E-state index contributed by atoms with van der Waals surface area (Å²) in [6.07, 6.45) is 0.722. The second-order valence-corrected chi connectivity index (χ2v) is 7.03. The third-order valence-electron chi connectivity index (χ3n) is 4.35. The summed E-state index contributed by atoms with van der Waals surface area (Å²) in [6, 6.07) is 12.2. The van der Waals surface area contributed by atoms with E-state index in [0.717, 1.165) is 28.9 Å². The Labute approximate surface area is 167 Å². The molecule has 0 spiro atoms. The molecular formula is C23H30O5. The summed E-state index contributed by atoms with van der Waals surface area (Å²) < 4.78 is 21.9. The van der Waals surface area contributed by atoms with Crippen LogP contribution in [-0.2, 0) is 33.9 Å². The van der Waals surface area contributed by atoms with Gasteiger partial charge in [0.05, 0.1) is 19.8 Å². The normalized spacial score (nSPS) is 10.9. The van der Waals surface area contributed by atoms with Crippen LogP contribution in [0, 0.1) is 0 Å². The Morgan fingerprint density at radius 1 is 0.964 bits per heavy atom. The van der Waals surface area contributed by atoms with Gasteiger partial charge in [0.2, 0.25) is 0 Å². The molecule has 0 aliphatic carbocycles. The van der Waals surface area contributed by atoms with Crippen molar-refractivity contribution < 1.29 is 23.7 Å². The highest BCUT2D eigenvalue weighted by molar-refractivity contribution is 5.70. The maximum Gasteiger partial charge on any atom is 0.308 e. The monoisotopic (exact) mass is 386 g/mol. The first-order valence-corrected chi connectivity index (χ1v) is 9.48. The molecule has 0 atom stereocenters. The van der Waals surface area contributed by atoms with Crippen molar-refractivity contribution in [3.05, 3.63) is 58.7 Å². The lowest BCUT2D eigenvalue weighted by Crippen LogP contribution is -2.10. The van der Waals surface area contributed by atoms with Crippen molar-refractivity contribution in [3.8, 4) is 11.5 Å². The topological polar surface area (TPSA) is 54.0 Å². The van der Waals surface area contributed by atoms with Crippen LogP contribution >= 0.6 is 0 Å². The molecule has 0 amide bonds. The lowest BCUT2D eigenvalue weighted by molar-refractivity contribution is -0.132. The summed E-state index contributed by atoms with van der Waals surface area (Å²) in [6.45, 7) is 6.98. The number of carbonyl (C=O) groups excluding carboxylic acids is 1. The predicted molar refractivity (Wildman–Crippen MR) is 109 cm³/mol. The quantitative estimate of drug-likeness (QED) is 0.439. The molecule has 0 N–H and O–H groups in total. The van der Waals surface area contributed by atoms with Gasteiger partial charge in [0.15, 0.2) is 0 Å². The number of hydrogen-bond acceptors (Lipinski definition) is 5. The average Bonchev–Trinajstić information content (AvgIpc) is 2.65. The summed E-state index contributed by atoms with van der Waals surface area (Å²) in [5.41, 5.74) is 4.02. The van der Waals surface area contributed by atoms with Gasteiger partial charge >= 0.3 is 5.97 Å². The molecule has 2 rings (SSSR count). The second-order valence-electron chi connectivity index (χ2n) is 7.03. The molecule has 0 bridgehead atoms. The number of ether oxygens (including phenoxy) is 4. The lowest BCUT2D eigenvalue weighted by atomic mass is 10.0. The zero-order valence-electron chi connectivity index (χ0n) is 17.4. The van der Waals surface area contributed by atoms with Crippen molar-refractivity contribution in [3.63, 3.8) is 0 Å². The summed E-state index contributed by atoms with van der Waals surface area (Å²) in [7, 11) is 3.23. The van der Waals surface area contributed by atoms with E-state index in [1.54, 1.807) is 14.2 Å². The minimum atomic E-state index is -0.365. The van der Waals surface area contributed by atoms with Crippen molar-refractivity contribution in [2.24, 2.45) is 0 Å². The van der Waals surface area contributed by atoms with Gasteiger partial charge in [-0.05, 0) is 41.3 Å². The summed E-state index contributed by atoms with van der Waals surface area (Å²) in [5, 5.41) is 0. The maximum atomic E-state index is 11.5. The number of hydrogen-bond donors (Lipinski definition) is 0. The van der Waals surface area contributed by atoms with Crippen LogP contribution in [0.3, 0.4) is 0 Å². The summed E-state index contributed by atoms with van der Waals surface area (Å²) in [5.74, 6) is 1.51. The van der Waals surface area contributed by atoms with Gasteiger partial charge < -0.3 is 18.9 Å². The van der Waals surface area contributed by atoms with Crippen LogP contribution in [0.5, 0.6) is 11.5 Å². The van der Waals surface area contributed by atoms with Gasteiger partial charge in [-0.25, -0.2) is 0 Å². The molecule has 0 aromatic heterocycles. The van der Waals surface area contributed by atoms with Crippen LogP contribution in [0.15, 0.2) is 36.4 Å². The highest BCUT2D eigenvalue weighted by Gasteiger charge is 2.15. The Morgan fingerprint density at radius 3 is 2.00 bits per heavy atom. The number of rotatable bonds is 10. The van der Waals surface area contributed by atoms with E-state index < -0.39 is 0 Å². The smallest absolute Gasteiger partial charge is 0.308 e. The van der Waals surface area contributed by atoms with Gasteiger partial charge in [0, 0.05) is 38.7 Å². The third-order valence-corrected chi connectivity index (χ3v) is 4.35. The molecule has 0 unspecified atom stereocenters. The first-order chi connectivity index (χ1) is 13.4. The molecule has 5 heteroatoms. The molecule has 0 aliphatic rings. The van der Waals surface area contributed by atoms with Crippen LogP contribution in [0.25, 0.3) is 0 Å². The standard InChI is InChI=1S/C23H30O5/c1-16(2)19-6-8-22(9-7-19)27-11-10-18-12-20(14-25-4)23(28-17(3)24)21(13-18)15-26-5/h6-9,12-13,16H,10-11,14-15H2,1-5H3. The van der Waals surface area contributed by atoms with Gasteiger partial charge in [-0.15, -0.1) is 0 Å². The van der Waals surface area contributed by atoms with E-state index in [9.17, 15) is 4.79 Å². The van der Waals surface area contributed by atoms with Crippen LogP contribution in [-0.4, -0.2) is 26.8 Å². The Bertz CT molecular complexity index is 738. The Morgan fingerprint density at radius 2 is 1.54 bits per heavy atom. The van der Waals surface area contributed by atoms with E-state index in [1.807, 2.05) is 24.3 Å². The largest absolute Gasteiger partial charge is 0.493 e. The summed E-state index contributed by atoms with van der Waals surface area (Å²) >= 11 is 0. The molecule has 0 saturated carbocycles. The number of esters is 1. The van der Waals surface area contributed by atoms with E-state index in [0.29, 0.717) is 31.5 Å². The fourth-order valence-electron chi connectivity index (χ4n) is 3.01. The highest BCUT2D eigenvalue weighted by atomic mass is 16.5. The van der Waals surface area contributed by atoms with E-state index in [2.05, 4.69) is 26.0 Å². The Balaban J connectivity index is 2.12. The molecule has 0 radical (unpaired) electrons. The van der Waals surface area contributed by atoms with Crippen molar-refractivity contribution in [2.75, 3.05) is 20.8 Å². The molecule has 0 fully saturated rings. The van der Waals surface area contributed by atoms with E-state index in [1.165, 1.54) is 12.5 Å². The molecule has 0 saturated heterocycles. The molecule has 0 heterocycles. The van der Waals surface area contributed by atoms with Gasteiger partial charge in [-0.2, -0.15) is 0 Å². The second kappa shape index (κ2) is 10.8. The number of benzene rings is 2. The number of carbonyl (C=O) groups is 1. The molecule has 152 valence electrons. The Hall–Kier alpha value is -2.37. The third kappa shape index (κ3) is 6.36. The van der Waals surface area contributed by atoms with Gasteiger partial charge in [-0.1, -0.05) is 26.0 Å². The van der Waals surface area contributed by atoms with Crippen molar-refractivity contribution >= 4 is 5.97 Å². The molecule has 2 aromatic rings. The Kier molecular flexibility index (Phi) is 8.48. The molecule has 0 aliphatic heterocycles. The molecule has 2 aromatic carbocycles. The minimum absolute atomic E-state index is 0.352. The van der Waals surface area contributed by atoms with E-state index >= 15 is 0 Å². The first-order valence-electron chi connectivity index (χ1n) is 9.48. The van der Waals surface area contributed by atoms with Crippen molar-refractivity contribution in [2.45, 2.75) is 46.3 Å². The van der Waals surface area contributed by atoms with Gasteiger partial charge in [-0.3, -0.25) is 4.79 Å². The van der Waals surface area contributed by atoms with Crippen LogP contribution in [0.2, 0.25) is 0 Å². The zero-order valence-corrected chi connectivity index (χ0v) is 17.4. The maximum absolute atomic E-state index is 11.5. The van der Waals surface area contributed by atoms with E-state index in [4.69, 9.17) is 18.9 Å². The number of methoxy groups -OCH3 is 2. The fourth-order valence-corrected chi connectivity index (χ4v) is 3.01. The van der Waals surface area contributed by atoms with Crippen LogP contribution < -0.4 is 9.47 Å².